The summed E-state index contributed by atoms with van der Waals surface area (Å²) in [6.07, 6.45) is 7.89. The van der Waals surface area contributed by atoms with Crippen molar-refractivity contribution >= 4 is 28.8 Å². The second-order valence-electron chi connectivity index (χ2n) is 10.5. The highest BCUT2D eigenvalue weighted by molar-refractivity contribution is 5.88. The van der Waals surface area contributed by atoms with Crippen molar-refractivity contribution in [3.8, 4) is 0 Å². The minimum Gasteiger partial charge on any atom is -0.380 e. The highest BCUT2D eigenvalue weighted by Crippen LogP contribution is 2.26. The van der Waals surface area contributed by atoms with Gasteiger partial charge in [-0.3, -0.25) is 4.79 Å². The number of nitrogens with zero attached hydrogens (tertiary/aromatic N) is 6. The Labute approximate surface area is 213 Å². The summed E-state index contributed by atoms with van der Waals surface area (Å²) in [5.74, 6) is 0.0131. The van der Waals surface area contributed by atoms with Crippen LogP contribution in [0.5, 0.6) is 0 Å². The lowest BCUT2D eigenvalue weighted by molar-refractivity contribution is -0.125. The van der Waals surface area contributed by atoms with Crippen molar-refractivity contribution in [2.45, 2.75) is 58.2 Å². The number of nitrogens with one attached hydrogen (secondary N) is 2. The van der Waals surface area contributed by atoms with Crippen LogP contribution < -0.4 is 10.6 Å². The number of fused-ring (bicyclic) bond motifs is 1. The number of aromatic nitrogens is 3. The van der Waals surface area contributed by atoms with E-state index in [0.717, 1.165) is 48.4 Å². The Morgan fingerprint density at radius 2 is 1.83 bits per heavy atom. The molecular formula is C26H40N8O2. The molecular weight excluding hydrogens is 456 g/mol. The number of rotatable bonds is 7. The zero-order valence-electron chi connectivity index (χ0n) is 22.2. The summed E-state index contributed by atoms with van der Waals surface area (Å²) in [5.41, 5.74) is 3.77. The van der Waals surface area contributed by atoms with Crippen molar-refractivity contribution in [3.63, 3.8) is 0 Å². The Kier molecular flexibility index (Phi) is 8.13. The highest BCUT2D eigenvalue weighted by atomic mass is 16.2. The maximum absolute atomic E-state index is 12.9. The number of urea groups is 1. The molecule has 2 saturated heterocycles. The molecule has 0 aliphatic carbocycles. The van der Waals surface area contributed by atoms with Gasteiger partial charge in [-0.05, 0) is 60.2 Å². The second-order valence-corrected chi connectivity index (χ2v) is 10.5. The monoisotopic (exact) mass is 496 g/mol. The van der Waals surface area contributed by atoms with Gasteiger partial charge in [0.2, 0.25) is 5.91 Å². The number of hydrogen-bond acceptors (Lipinski definition) is 6. The van der Waals surface area contributed by atoms with Crippen LogP contribution >= 0.6 is 0 Å². The molecule has 36 heavy (non-hydrogen) atoms. The smallest absolute Gasteiger partial charge is 0.317 e. The third kappa shape index (κ3) is 6.16. The number of carbonyl (C=O) groups excluding carboxylic acids is 2. The van der Waals surface area contributed by atoms with Crippen molar-refractivity contribution < 1.29 is 9.59 Å². The lowest BCUT2D eigenvalue weighted by Gasteiger charge is -2.33. The third-order valence-electron chi connectivity index (χ3n) is 6.91. The Morgan fingerprint density at radius 3 is 2.53 bits per heavy atom. The predicted molar refractivity (Wildman–Crippen MR) is 142 cm³/mol. The Hall–Kier alpha value is -3.14. The summed E-state index contributed by atoms with van der Waals surface area (Å²) in [6, 6.07) is 2.60. The molecule has 0 bridgehead atoms. The van der Waals surface area contributed by atoms with E-state index in [2.05, 4.69) is 40.1 Å². The number of likely N-dealkylation sites (N-methyl/N-ethyl adjacent to an activating group) is 1. The third-order valence-corrected chi connectivity index (χ3v) is 6.91. The summed E-state index contributed by atoms with van der Waals surface area (Å²) in [7, 11) is 3.94. The average molecular weight is 497 g/mol. The second kappa shape index (κ2) is 11.3. The average Bonchev–Trinajstić information content (AvgIpc) is 3.46. The number of aryl methyl sites for hydroxylation is 1. The predicted octanol–water partition coefficient (Wildman–Crippen LogP) is 2.63. The largest absolute Gasteiger partial charge is 0.380 e. The molecule has 2 aliphatic rings. The fraction of sp³-hybridized carbons (Fsp3) is 0.615. The number of piperidine rings is 1. The van der Waals surface area contributed by atoms with Crippen molar-refractivity contribution in [2.24, 2.45) is 0 Å². The Morgan fingerprint density at radius 1 is 1.14 bits per heavy atom. The lowest BCUT2D eigenvalue weighted by atomic mass is 10.0. The van der Waals surface area contributed by atoms with E-state index < -0.39 is 0 Å². The van der Waals surface area contributed by atoms with Crippen LogP contribution in [0.3, 0.4) is 0 Å². The van der Waals surface area contributed by atoms with Gasteiger partial charge < -0.3 is 29.9 Å². The van der Waals surface area contributed by atoms with Crippen molar-refractivity contribution in [1.29, 1.82) is 0 Å². The molecule has 1 atom stereocenters. The van der Waals surface area contributed by atoms with Gasteiger partial charge in [0.15, 0.2) is 5.65 Å². The number of pyridine rings is 1. The van der Waals surface area contributed by atoms with Gasteiger partial charge in [-0.2, -0.15) is 0 Å². The van der Waals surface area contributed by atoms with E-state index in [-0.39, 0.29) is 24.0 Å². The van der Waals surface area contributed by atoms with Crippen LogP contribution in [0.25, 0.3) is 11.2 Å². The minimum atomic E-state index is -0.0336. The van der Waals surface area contributed by atoms with Crippen LogP contribution in [0.2, 0.25) is 0 Å². The van der Waals surface area contributed by atoms with Gasteiger partial charge >= 0.3 is 6.03 Å². The molecule has 0 aromatic carbocycles. The van der Waals surface area contributed by atoms with Gasteiger partial charge in [-0.25, -0.2) is 14.8 Å². The summed E-state index contributed by atoms with van der Waals surface area (Å²) in [4.78, 5) is 40.3. The van der Waals surface area contributed by atoms with Crippen molar-refractivity contribution in [2.75, 3.05) is 52.1 Å². The summed E-state index contributed by atoms with van der Waals surface area (Å²) in [6.45, 7) is 9.63. The minimum absolute atomic E-state index is 0.00342. The molecule has 0 radical (unpaired) electrons. The molecule has 10 heteroatoms. The molecule has 10 nitrogen and oxygen atoms in total. The standard InChI is InChI=1S/C26H40N8O2/c1-18(2)34-17-27-24-22(15-19(3)28-25(24)34)29-20-8-12-32(13-9-20)26(36)30-21-10-14-33(16-21)23(35)7-6-11-31(4)5/h6-7,15,17-18,20-21H,8-14,16H2,1-5H3,(H,28,29)(H,30,36)/b7-6+. The normalized spacial score (nSPS) is 19.2. The first-order valence-electron chi connectivity index (χ1n) is 13.0. The first kappa shape index (κ1) is 25.9. The van der Waals surface area contributed by atoms with Crippen LogP contribution in [-0.4, -0.2) is 100 Å². The summed E-state index contributed by atoms with van der Waals surface area (Å²) >= 11 is 0. The number of hydrogen-bond donors (Lipinski definition) is 2. The molecule has 0 saturated carbocycles. The van der Waals surface area contributed by atoms with Crippen LogP contribution in [0.1, 0.15) is 44.8 Å². The van der Waals surface area contributed by atoms with Gasteiger partial charge in [-0.15, -0.1) is 0 Å². The Balaban J connectivity index is 1.26. The molecule has 1 unspecified atom stereocenters. The van der Waals surface area contributed by atoms with E-state index >= 15 is 0 Å². The summed E-state index contributed by atoms with van der Waals surface area (Å²) in [5, 5.41) is 6.80. The fourth-order valence-electron chi connectivity index (χ4n) is 4.88. The zero-order valence-corrected chi connectivity index (χ0v) is 22.2. The van der Waals surface area contributed by atoms with E-state index in [9.17, 15) is 9.59 Å². The first-order chi connectivity index (χ1) is 17.2. The lowest BCUT2D eigenvalue weighted by Crippen LogP contribution is -2.50. The molecule has 2 N–H and O–H groups in total. The zero-order chi connectivity index (χ0) is 25.8. The van der Waals surface area contributed by atoms with Gasteiger partial charge in [0, 0.05) is 62.6 Å². The fourth-order valence-corrected chi connectivity index (χ4v) is 4.88. The van der Waals surface area contributed by atoms with E-state index in [4.69, 9.17) is 4.98 Å². The molecule has 2 fully saturated rings. The van der Waals surface area contributed by atoms with Crippen LogP contribution in [0.15, 0.2) is 24.5 Å². The van der Waals surface area contributed by atoms with Gasteiger partial charge in [0.25, 0.3) is 0 Å². The van der Waals surface area contributed by atoms with Gasteiger partial charge in [0.05, 0.1) is 12.0 Å². The summed E-state index contributed by atoms with van der Waals surface area (Å²) < 4.78 is 2.10. The van der Waals surface area contributed by atoms with E-state index in [1.807, 2.05) is 48.1 Å². The maximum atomic E-state index is 12.9. The maximum Gasteiger partial charge on any atom is 0.317 e. The van der Waals surface area contributed by atoms with Crippen molar-refractivity contribution in [3.05, 3.63) is 30.2 Å². The molecule has 2 aromatic heterocycles. The first-order valence-corrected chi connectivity index (χ1v) is 13.0. The highest BCUT2D eigenvalue weighted by Gasteiger charge is 2.29. The van der Waals surface area contributed by atoms with Crippen molar-refractivity contribution in [1.82, 2.24) is 34.6 Å². The quantitative estimate of drug-likeness (QED) is 0.572. The molecule has 4 rings (SSSR count). The number of likely N-dealkylation sites (tertiary alicyclic amines) is 2. The van der Waals surface area contributed by atoms with Crippen LogP contribution in [0.4, 0.5) is 10.5 Å². The molecule has 4 heterocycles. The topological polar surface area (TPSA) is 98.6 Å². The van der Waals surface area contributed by atoms with E-state index in [1.165, 1.54) is 0 Å². The Bertz CT molecular complexity index is 1100. The molecule has 3 amide bonds. The molecule has 196 valence electrons. The number of anilines is 1. The van der Waals surface area contributed by atoms with Gasteiger partial charge in [0.1, 0.15) is 5.52 Å². The SMILES string of the molecule is Cc1cc(NC2CCN(C(=O)NC3CCN(C(=O)/C=C/CN(C)C)C3)CC2)c2ncn(C(C)C)c2n1. The van der Waals surface area contributed by atoms with Crippen LogP contribution in [-0.2, 0) is 4.79 Å². The van der Waals surface area contributed by atoms with E-state index in [1.54, 1.807) is 6.08 Å². The number of carbonyl (C=O) groups is 2. The molecule has 2 aromatic rings. The van der Waals surface area contributed by atoms with Gasteiger partial charge in [-0.1, -0.05) is 6.08 Å². The van der Waals surface area contributed by atoms with E-state index in [0.29, 0.717) is 32.2 Å². The number of amides is 3. The molecule has 0 spiro atoms. The van der Waals surface area contributed by atoms with Crippen LogP contribution in [0, 0.1) is 6.92 Å². The molecule has 2 aliphatic heterocycles. The number of imidazole rings is 1.